The molecule has 0 saturated heterocycles. The first kappa shape index (κ1) is 18.9. The summed E-state index contributed by atoms with van der Waals surface area (Å²) in [5.41, 5.74) is 2.56. The van der Waals surface area contributed by atoms with E-state index in [1.807, 2.05) is 38.1 Å². The molecule has 6 heteroatoms. The molecule has 1 atom stereocenters. The van der Waals surface area contributed by atoms with Crippen molar-refractivity contribution < 1.29 is 28.5 Å². The van der Waals surface area contributed by atoms with Gasteiger partial charge in [-0.3, -0.25) is 4.79 Å². The van der Waals surface area contributed by atoms with Crippen molar-refractivity contribution >= 4 is 5.97 Å². The van der Waals surface area contributed by atoms with Gasteiger partial charge in [0.25, 0.3) is 0 Å². The van der Waals surface area contributed by atoms with E-state index < -0.39 is 6.10 Å². The maximum atomic E-state index is 12.2. The van der Waals surface area contributed by atoms with Crippen molar-refractivity contribution in [2.45, 2.75) is 26.4 Å². The van der Waals surface area contributed by atoms with Gasteiger partial charge in [0.05, 0.1) is 33.9 Å². The highest BCUT2D eigenvalue weighted by Gasteiger charge is 2.30. The van der Waals surface area contributed by atoms with Crippen LogP contribution in [0, 0.1) is 0 Å². The number of esters is 1. The monoisotopic (exact) mass is 372 g/mol. The molecule has 0 bridgehead atoms. The maximum absolute atomic E-state index is 12.2. The molecule has 3 rings (SSSR count). The summed E-state index contributed by atoms with van der Waals surface area (Å²) in [4.78, 5) is 12.2. The molecule has 0 N–H and O–H groups in total. The average Bonchev–Trinajstić information content (AvgIpc) is 2.68. The molecule has 0 unspecified atom stereocenters. The number of carbonyl (C=O) groups is 1. The Labute approximate surface area is 158 Å². The van der Waals surface area contributed by atoms with Gasteiger partial charge in [-0.05, 0) is 43.7 Å². The predicted molar refractivity (Wildman–Crippen MR) is 100.0 cm³/mol. The Balaban J connectivity index is 2.09. The van der Waals surface area contributed by atoms with E-state index in [-0.39, 0.29) is 12.4 Å². The zero-order chi connectivity index (χ0) is 19.4. The van der Waals surface area contributed by atoms with Gasteiger partial charge in [0.2, 0.25) is 0 Å². The number of hydrogen-bond donors (Lipinski definition) is 0. The van der Waals surface area contributed by atoms with Crippen molar-refractivity contribution in [3.05, 3.63) is 47.0 Å². The van der Waals surface area contributed by atoms with Gasteiger partial charge in [-0.1, -0.05) is 6.07 Å². The van der Waals surface area contributed by atoms with E-state index in [1.54, 1.807) is 20.3 Å². The Morgan fingerprint density at radius 2 is 1.59 bits per heavy atom. The molecule has 144 valence electrons. The molecule has 0 amide bonds. The van der Waals surface area contributed by atoms with Crippen LogP contribution < -0.4 is 18.9 Å². The lowest BCUT2D eigenvalue weighted by atomic mass is 9.92. The van der Waals surface area contributed by atoms with E-state index in [4.69, 9.17) is 23.7 Å². The lowest BCUT2D eigenvalue weighted by Crippen LogP contribution is -2.22. The number of carbonyl (C=O) groups excluding carboxylic acids is 1. The summed E-state index contributed by atoms with van der Waals surface area (Å²) < 4.78 is 27.8. The molecule has 0 aromatic heterocycles. The van der Waals surface area contributed by atoms with Crippen molar-refractivity contribution in [1.29, 1.82) is 0 Å². The van der Waals surface area contributed by atoms with E-state index in [0.29, 0.717) is 36.2 Å². The Kier molecular flexibility index (Phi) is 5.74. The standard InChI is InChI=1S/C21H24O6/c1-5-25-18-10-14-11-20(22)27-21(15(14)12-19(18)26-6-2)13-7-8-16(23-3)17(9-13)24-4/h7-10,12,21H,5-6,11H2,1-4H3/t21-/m0/s1. The molecule has 0 spiro atoms. The highest BCUT2D eigenvalue weighted by atomic mass is 16.5. The zero-order valence-electron chi connectivity index (χ0n) is 16.0. The molecule has 6 nitrogen and oxygen atoms in total. The molecule has 0 saturated carbocycles. The number of fused-ring (bicyclic) bond motifs is 1. The summed E-state index contributed by atoms with van der Waals surface area (Å²) in [6, 6.07) is 9.26. The van der Waals surface area contributed by atoms with Crippen molar-refractivity contribution in [1.82, 2.24) is 0 Å². The van der Waals surface area contributed by atoms with Gasteiger partial charge >= 0.3 is 5.97 Å². The van der Waals surface area contributed by atoms with Crippen LogP contribution in [0.25, 0.3) is 0 Å². The van der Waals surface area contributed by atoms with Crippen LogP contribution in [0.3, 0.4) is 0 Å². The number of rotatable bonds is 7. The molecule has 1 heterocycles. The first-order chi connectivity index (χ1) is 13.1. The van der Waals surface area contributed by atoms with Crippen molar-refractivity contribution in [2.24, 2.45) is 0 Å². The van der Waals surface area contributed by atoms with E-state index >= 15 is 0 Å². The first-order valence-corrected chi connectivity index (χ1v) is 8.95. The molecular weight excluding hydrogens is 348 g/mol. The quantitative estimate of drug-likeness (QED) is 0.691. The predicted octanol–water partition coefficient (Wildman–Crippen LogP) is 3.69. The summed E-state index contributed by atoms with van der Waals surface area (Å²) in [6.45, 7) is 4.86. The summed E-state index contributed by atoms with van der Waals surface area (Å²) in [5, 5.41) is 0. The van der Waals surface area contributed by atoms with Crippen LogP contribution in [-0.4, -0.2) is 33.4 Å². The normalized spacial score (nSPS) is 15.6. The van der Waals surface area contributed by atoms with Crippen LogP contribution >= 0.6 is 0 Å². The Hall–Kier alpha value is -2.89. The van der Waals surface area contributed by atoms with Gasteiger partial charge in [-0.25, -0.2) is 0 Å². The molecule has 0 radical (unpaired) electrons. The van der Waals surface area contributed by atoms with E-state index in [2.05, 4.69) is 0 Å². The van der Waals surface area contributed by atoms with E-state index in [0.717, 1.165) is 16.7 Å². The topological polar surface area (TPSA) is 63.2 Å². The molecule has 1 aliphatic heterocycles. The number of cyclic esters (lactones) is 1. The Morgan fingerprint density at radius 1 is 0.926 bits per heavy atom. The first-order valence-electron chi connectivity index (χ1n) is 8.95. The average molecular weight is 372 g/mol. The molecule has 27 heavy (non-hydrogen) atoms. The summed E-state index contributed by atoms with van der Waals surface area (Å²) in [6.07, 6.45) is -0.345. The van der Waals surface area contributed by atoms with Gasteiger partial charge in [-0.2, -0.15) is 0 Å². The van der Waals surface area contributed by atoms with E-state index in [9.17, 15) is 4.79 Å². The van der Waals surface area contributed by atoms with Crippen LogP contribution in [0.15, 0.2) is 30.3 Å². The molecule has 1 aliphatic rings. The summed E-state index contributed by atoms with van der Waals surface area (Å²) in [5.74, 6) is 2.19. The fourth-order valence-electron chi connectivity index (χ4n) is 3.21. The van der Waals surface area contributed by atoms with Crippen LogP contribution in [-0.2, 0) is 16.0 Å². The number of benzene rings is 2. The minimum Gasteiger partial charge on any atom is -0.493 e. The van der Waals surface area contributed by atoms with Crippen molar-refractivity contribution in [3.63, 3.8) is 0 Å². The third kappa shape index (κ3) is 3.79. The zero-order valence-corrected chi connectivity index (χ0v) is 16.0. The highest BCUT2D eigenvalue weighted by Crippen LogP contribution is 2.42. The minimum absolute atomic E-state index is 0.200. The highest BCUT2D eigenvalue weighted by molar-refractivity contribution is 5.77. The molecular formula is C21H24O6. The smallest absolute Gasteiger partial charge is 0.311 e. The van der Waals surface area contributed by atoms with Crippen LogP contribution in [0.2, 0.25) is 0 Å². The maximum Gasteiger partial charge on any atom is 0.311 e. The fourth-order valence-corrected chi connectivity index (χ4v) is 3.21. The molecule has 2 aromatic rings. The van der Waals surface area contributed by atoms with E-state index in [1.165, 1.54) is 0 Å². The number of hydrogen-bond acceptors (Lipinski definition) is 6. The summed E-state index contributed by atoms with van der Waals surface area (Å²) in [7, 11) is 3.15. The van der Waals surface area contributed by atoms with Crippen molar-refractivity contribution in [2.75, 3.05) is 27.4 Å². The van der Waals surface area contributed by atoms with Gasteiger partial charge < -0.3 is 23.7 Å². The van der Waals surface area contributed by atoms with Gasteiger partial charge in [-0.15, -0.1) is 0 Å². The second-order valence-electron chi connectivity index (χ2n) is 6.02. The Bertz CT molecular complexity index is 830. The van der Waals surface area contributed by atoms with Gasteiger partial charge in [0, 0.05) is 11.1 Å². The SMILES string of the molecule is CCOc1cc2c(cc1OCC)[C@H](c1ccc(OC)c(OC)c1)OC(=O)C2. The molecule has 0 fully saturated rings. The third-order valence-electron chi connectivity index (χ3n) is 4.38. The van der Waals surface area contributed by atoms with Crippen molar-refractivity contribution in [3.8, 4) is 23.0 Å². The van der Waals surface area contributed by atoms with Gasteiger partial charge in [0.1, 0.15) is 0 Å². The van der Waals surface area contributed by atoms with Crippen LogP contribution in [0.1, 0.15) is 36.6 Å². The summed E-state index contributed by atoms with van der Waals surface area (Å²) >= 11 is 0. The second-order valence-corrected chi connectivity index (χ2v) is 6.02. The Morgan fingerprint density at radius 3 is 2.22 bits per heavy atom. The lowest BCUT2D eigenvalue weighted by molar-refractivity contribution is -0.148. The van der Waals surface area contributed by atoms with Crippen LogP contribution in [0.4, 0.5) is 0 Å². The fraction of sp³-hybridized carbons (Fsp3) is 0.381. The molecule has 0 aliphatic carbocycles. The number of methoxy groups -OCH3 is 2. The van der Waals surface area contributed by atoms with Crippen LogP contribution in [0.5, 0.6) is 23.0 Å². The minimum atomic E-state index is -0.545. The third-order valence-corrected chi connectivity index (χ3v) is 4.38. The van der Waals surface area contributed by atoms with Gasteiger partial charge in [0.15, 0.2) is 29.1 Å². The largest absolute Gasteiger partial charge is 0.493 e. The second kappa shape index (κ2) is 8.20. The number of ether oxygens (including phenoxy) is 5. The lowest BCUT2D eigenvalue weighted by Gasteiger charge is -2.28. The molecule has 2 aromatic carbocycles.